The van der Waals surface area contributed by atoms with E-state index in [9.17, 15) is 4.79 Å². The summed E-state index contributed by atoms with van der Waals surface area (Å²) in [6.07, 6.45) is 3.94. The molecule has 0 spiro atoms. The van der Waals surface area contributed by atoms with Crippen molar-refractivity contribution in [2.75, 3.05) is 5.01 Å². The van der Waals surface area contributed by atoms with Gasteiger partial charge in [-0.05, 0) is 19.9 Å². The third kappa shape index (κ3) is 2.12. The molecular formula is C10H12N4O. The molecular weight excluding hydrogens is 192 g/mol. The van der Waals surface area contributed by atoms with Crippen molar-refractivity contribution in [3.05, 3.63) is 29.7 Å². The van der Waals surface area contributed by atoms with Gasteiger partial charge in [0.25, 0.3) is 0 Å². The first kappa shape index (κ1) is 9.64. The van der Waals surface area contributed by atoms with Crippen LogP contribution in [0.4, 0.5) is 5.95 Å². The van der Waals surface area contributed by atoms with Gasteiger partial charge in [0.2, 0.25) is 11.9 Å². The van der Waals surface area contributed by atoms with E-state index in [-0.39, 0.29) is 5.91 Å². The van der Waals surface area contributed by atoms with Gasteiger partial charge in [-0.3, -0.25) is 10.2 Å². The zero-order chi connectivity index (χ0) is 10.8. The summed E-state index contributed by atoms with van der Waals surface area (Å²) < 4.78 is 0. The number of aromatic nitrogens is 2. The van der Waals surface area contributed by atoms with Crippen LogP contribution in [-0.2, 0) is 4.79 Å². The quantitative estimate of drug-likeness (QED) is 0.736. The van der Waals surface area contributed by atoms with E-state index in [4.69, 9.17) is 0 Å². The molecule has 0 radical (unpaired) electrons. The van der Waals surface area contributed by atoms with E-state index >= 15 is 0 Å². The molecule has 15 heavy (non-hydrogen) atoms. The molecule has 1 N–H and O–H groups in total. The van der Waals surface area contributed by atoms with Crippen LogP contribution in [0.1, 0.15) is 17.8 Å². The Balaban J connectivity index is 2.32. The SMILES string of the molecule is Cc1cc(C)nc(N2C=CCC(=O)N2)n1. The zero-order valence-corrected chi connectivity index (χ0v) is 8.69. The number of nitrogens with one attached hydrogen (secondary N) is 1. The summed E-state index contributed by atoms with van der Waals surface area (Å²) >= 11 is 0. The molecule has 5 nitrogen and oxygen atoms in total. The largest absolute Gasteiger partial charge is 0.273 e. The summed E-state index contributed by atoms with van der Waals surface area (Å²) in [6, 6.07) is 1.89. The van der Waals surface area contributed by atoms with Crippen molar-refractivity contribution in [3.63, 3.8) is 0 Å². The van der Waals surface area contributed by atoms with Crippen LogP contribution < -0.4 is 10.4 Å². The lowest BCUT2D eigenvalue weighted by Gasteiger charge is -2.22. The van der Waals surface area contributed by atoms with Gasteiger partial charge >= 0.3 is 0 Å². The van der Waals surface area contributed by atoms with Crippen LogP contribution in [0.25, 0.3) is 0 Å². The van der Waals surface area contributed by atoms with E-state index in [1.165, 1.54) is 5.01 Å². The normalized spacial score (nSPS) is 15.3. The Hall–Kier alpha value is -1.91. The third-order valence-corrected chi connectivity index (χ3v) is 1.99. The molecule has 5 heteroatoms. The van der Waals surface area contributed by atoms with Crippen LogP contribution >= 0.6 is 0 Å². The number of aryl methyl sites for hydroxylation is 2. The van der Waals surface area contributed by atoms with Crippen molar-refractivity contribution in [2.24, 2.45) is 0 Å². The first-order valence-corrected chi connectivity index (χ1v) is 4.73. The molecule has 1 aliphatic rings. The van der Waals surface area contributed by atoms with Crippen molar-refractivity contribution < 1.29 is 4.79 Å². The summed E-state index contributed by atoms with van der Waals surface area (Å²) in [7, 11) is 0. The van der Waals surface area contributed by atoms with Gasteiger partial charge in [0.05, 0.1) is 0 Å². The van der Waals surface area contributed by atoms with E-state index < -0.39 is 0 Å². The summed E-state index contributed by atoms with van der Waals surface area (Å²) in [5.74, 6) is 0.442. The van der Waals surface area contributed by atoms with Gasteiger partial charge < -0.3 is 0 Å². The maximum absolute atomic E-state index is 11.2. The molecule has 2 rings (SSSR count). The standard InChI is InChI=1S/C10H12N4O/c1-7-6-8(2)12-10(11-7)14-5-3-4-9(15)13-14/h3,5-6H,4H2,1-2H3,(H,13,15). The molecule has 0 aromatic carbocycles. The number of hydrogen-bond donors (Lipinski definition) is 1. The Morgan fingerprint density at radius 1 is 1.33 bits per heavy atom. The summed E-state index contributed by atoms with van der Waals surface area (Å²) in [6.45, 7) is 3.79. The molecule has 0 saturated heterocycles. The monoisotopic (exact) mass is 204 g/mol. The number of carbonyl (C=O) groups excluding carboxylic acids is 1. The average Bonchev–Trinajstić information content (AvgIpc) is 2.16. The highest BCUT2D eigenvalue weighted by Gasteiger charge is 2.13. The molecule has 1 aromatic heterocycles. The number of hydrazine groups is 1. The van der Waals surface area contributed by atoms with Gasteiger partial charge in [-0.15, -0.1) is 0 Å². The lowest BCUT2D eigenvalue weighted by Crippen LogP contribution is -2.41. The van der Waals surface area contributed by atoms with Crippen LogP contribution in [0, 0.1) is 13.8 Å². The van der Waals surface area contributed by atoms with Crippen molar-refractivity contribution in [1.29, 1.82) is 0 Å². The summed E-state index contributed by atoms with van der Waals surface area (Å²) in [5, 5.41) is 1.53. The Morgan fingerprint density at radius 2 is 2.00 bits per heavy atom. The van der Waals surface area contributed by atoms with Gasteiger partial charge in [0, 0.05) is 24.0 Å². The molecule has 2 heterocycles. The Morgan fingerprint density at radius 3 is 2.60 bits per heavy atom. The van der Waals surface area contributed by atoms with Crippen molar-refractivity contribution >= 4 is 11.9 Å². The van der Waals surface area contributed by atoms with Crippen molar-refractivity contribution in [3.8, 4) is 0 Å². The average molecular weight is 204 g/mol. The molecule has 0 bridgehead atoms. The van der Waals surface area contributed by atoms with Crippen molar-refractivity contribution in [2.45, 2.75) is 20.3 Å². The van der Waals surface area contributed by atoms with Crippen LogP contribution in [0.5, 0.6) is 0 Å². The number of amides is 1. The first-order valence-electron chi connectivity index (χ1n) is 4.73. The molecule has 1 aliphatic heterocycles. The molecule has 0 aliphatic carbocycles. The highest BCUT2D eigenvalue weighted by Crippen LogP contribution is 2.10. The van der Waals surface area contributed by atoms with Crippen molar-refractivity contribution in [1.82, 2.24) is 15.4 Å². The fourth-order valence-electron chi connectivity index (χ4n) is 1.41. The summed E-state index contributed by atoms with van der Waals surface area (Å²) in [5.41, 5.74) is 4.43. The van der Waals surface area contributed by atoms with Crippen LogP contribution in [0.3, 0.4) is 0 Å². The van der Waals surface area contributed by atoms with Crippen LogP contribution in [0.2, 0.25) is 0 Å². The predicted octanol–water partition coefficient (Wildman–Crippen LogP) is 0.848. The van der Waals surface area contributed by atoms with E-state index in [2.05, 4.69) is 15.4 Å². The number of anilines is 1. The molecule has 0 fully saturated rings. The maximum atomic E-state index is 11.2. The summed E-state index contributed by atoms with van der Waals surface area (Å²) in [4.78, 5) is 19.6. The maximum Gasteiger partial charge on any atom is 0.249 e. The highest BCUT2D eigenvalue weighted by molar-refractivity contribution is 5.80. The van der Waals surface area contributed by atoms with Crippen LogP contribution in [0.15, 0.2) is 18.3 Å². The lowest BCUT2D eigenvalue weighted by molar-refractivity contribution is -0.120. The number of nitrogens with zero attached hydrogens (tertiary/aromatic N) is 3. The topological polar surface area (TPSA) is 58.1 Å². The number of hydrogen-bond acceptors (Lipinski definition) is 4. The lowest BCUT2D eigenvalue weighted by atomic mass is 10.3. The molecule has 0 saturated carbocycles. The second-order valence-corrected chi connectivity index (χ2v) is 3.44. The molecule has 0 atom stereocenters. The van der Waals surface area contributed by atoms with Gasteiger partial charge in [-0.25, -0.2) is 15.0 Å². The number of carbonyl (C=O) groups is 1. The number of rotatable bonds is 1. The third-order valence-electron chi connectivity index (χ3n) is 1.99. The minimum absolute atomic E-state index is 0.0553. The van der Waals surface area contributed by atoms with E-state index in [0.717, 1.165) is 11.4 Å². The van der Waals surface area contributed by atoms with Crippen LogP contribution in [-0.4, -0.2) is 15.9 Å². The molecule has 1 amide bonds. The van der Waals surface area contributed by atoms with Gasteiger partial charge in [-0.2, -0.15) is 0 Å². The van der Waals surface area contributed by atoms with Gasteiger partial charge in [0.15, 0.2) is 0 Å². The Labute approximate surface area is 87.8 Å². The van der Waals surface area contributed by atoms with Gasteiger partial charge in [-0.1, -0.05) is 6.08 Å². The minimum atomic E-state index is -0.0553. The smallest absolute Gasteiger partial charge is 0.249 e. The fourth-order valence-corrected chi connectivity index (χ4v) is 1.41. The minimum Gasteiger partial charge on any atom is -0.273 e. The van der Waals surface area contributed by atoms with E-state index in [1.54, 1.807) is 12.3 Å². The fraction of sp³-hybridized carbons (Fsp3) is 0.300. The molecule has 1 aromatic rings. The highest BCUT2D eigenvalue weighted by atomic mass is 16.2. The first-order chi connectivity index (χ1) is 7.15. The van der Waals surface area contributed by atoms with E-state index in [0.29, 0.717) is 12.4 Å². The zero-order valence-electron chi connectivity index (χ0n) is 8.69. The predicted molar refractivity (Wildman–Crippen MR) is 55.9 cm³/mol. The Bertz CT molecular complexity index is 407. The second kappa shape index (κ2) is 3.68. The Kier molecular flexibility index (Phi) is 2.37. The molecule has 78 valence electrons. The second-order valence-electron chi connectivity index (χ2n) is 3.44. The van der Waals surface area contributed by atoms with Gasteiger partial charge in [0.1, 0.15) is 0 Å². The van der Waals surface area contributed by atoms with E-state index in [1.807, 2.05) is 19.9 Å². The molecule has 0 unspecified atom stereocenters.